The highest BCUT2D eigenvalue weighted by atomic mass is 19.4. The van der Waals surface area contributed by atoms with E-state index < -0.39 is 24.4 Å². The number of alkyl halides is 3. The zero-order valence-electron chi connectivity index (χ0n) is 19.5. The van der Waals surface area contributed by atoms with Gasteiger partial charge in [0.2, 0.25) is 0 Å². The molecule has 5 aromatic rings. The van der Waals surface area contributed by atoms with Crippen LogP contribution in [0.2, 0.25) is 0 Å². The van der Waals surface area contributed by atoms with E-state index in [9.17, 15) is 23.2 Å². The highest BCUT2D eigenvalue weighted by Gasteiger charge is 2.41. The van der Waals surface area contributed by atoms with E-state index in [1.165, 1.54) is 12.1 Å². The summed E-state index contributed by atoms with van der Waals surface area (Å²) in [5.41, 5.74) is 1.38. The van der Waals surface area contributed by atoms with Crippen molar-refractivity contribution in [2.45, 2.75) is 11.7 Å². The number of rotatable bonds is 6. The monoisotopic (exact) mass is 498 g/mol. The fraction of sp³-hybridized carbons (Fsp3) is 0.0690. The molecule has 37 heavy (non-hydrogen) atoms. The highest BCUT2D eigenvalue weighted by molar-refractivity contribution is 6.60. The number of hydrogen-bond donors (Lipinski definition) is 2. The van der Waals surface area contributed by atoms with Gasteiger partial charge in [-0.05, 0) is 28.8 Å². The molecule has 0 saturated carbocycles. The van der Waals surface area contributed by atoms with Crippen LogP contribution < -0.4 is 5.46 Å². The quantitative estimate of drug-likeness (QED) is 0.254. The van der Waals surface area contributed by atoms with E-state index in [0.29, 0.717) is 5.56 Å². The van der Waals surface area contributed by atoms with Crippen molar-refractivity contribution in [2.24, 2.45) is 0 Å². The lowest BCUT2D eigenvalue weighted by Crippen LogP contribution is -2.39. The number of hydrogen-bond acceptors (Lipinski definition) is 3. The summed E-state index contributed by atoms with van der Waals surface area (Å²) in [5, 5.41) is 25.3. The molecule has 0 aliphatic carbocycles. The zero-order valence-corrected chi connectivity index (χ0v) is 19.5. The van der Waals surface area contributed by atoms with Crippen LogP contribution in [-0.2, 0) is 11.7 Å². The summed E-state index contributed by atoms with van der Waals surface area (Å²) in [6.07, 6.45) is -2.94. The second-order valence-corrected chi connectivity index (χ2v) is 8.63. The Morgan fingerprint density at radius 3 is 1.41 bits per heavy atom. The third-order valence-corrected chi connectivity index (χ3v) is 6.42. The van der Waals surface area contributed by atoms with Gasteiger partial charge in [0.05, 0.1) is 11.3 Å². The van der Waals surface area contributed by atoms with Gasteiger partial charge in [0.1, 0.15) is 5.54 Å². The average molecular weight is 498 g/mol. The molecule has 1 aromatic heterocycles. The molecule has 0 aliphatic heterocycles. The summed E-state index contributed by atoms with van der Waals surface area (Å²) < 4.78 is 41.1. The molecule has 0 amide bonds. The Balaban J connectivity index is 1.81. The fourth-order valence-electron chi connectivity index (χ4n) is 4.72. The number of halogens is 3. The van der Waals surface area contributed by atoms with Gasteiger partial charge in [-0.2, -0.15) is 18.3 Å². The molecule has 0 fully saturated rings. The topological polar surface area (TPSA) is 58.3 Å². The van der Waals surface area contributed by atoms with E-state index in [-0.39, 0.29) is 11.2 Å². The summed E-state index contributed by atoms with van der Waals surface area (Å²) in [7, 11) is -1.90. The predicted octanol–water partition coefficient (Wildman–Crippen LogP) is 5.09. The number of benzene rings is 4. The second-order valence-electron chi connectivity index (χ2n) is 8.63. The molecular formula is C29H22BF3N2O2. The highest BCUT2D eigenvalue weighted by Crippen LogP contribution is 2.40. The Bertz CT molecular complexity index is 1370. The van der Waals surface area contributed by atoms with Crippen LogP contribution >= 0.6 is 0 Å². The van der Waals surface area contributed by atoms with Crippen molar-refractivity contribution in [1.82, 2.24) is 9.78 Å². The van der Waals surface area contributed by atoms with Gasteiger partial charge in [-0.3, -0.25) is 4.68 Å². The molecule has 0 atom stereocenters. The Hall–Kier alpha value is -4.14. The molecule has 0 aliphatic rings. The van der Waals surface area contributed by atoms with Crippen molar-refractivity contribution in [3.05, 3.63) is 144 Å². The number of nitrogens with zero attached hydrogens (tertiary/aromatic N) is 2. The molecule has 0 spiro atoms. The van der Waals surface area contributed by atoms with Gasteiger partial charge in [-0.1, -0.05) is 103 Å². The van der Waals surface area contributed by atoms with Crippen LogP contribution in [-0.4, -0.2) is 26.9 Å². The van der Waals surface area contributed by atoms with Crippen molar-refractivity contribution in [3.8, 4) is 11.3 Å². The Kier molecular flexibility index (Phi) is 6.45. The van der Waals surface area contributed by atoms with Crippen LogP contribution in [0.3, 0.4) is 0 Å². The van der Waals surface area contributed by atoms with Gasteiger partial charge in [-0.25, -0.2) is 0 Å². The molecule has 4 aromatic carbocycles. The summed E-state index contributed by atoms with van der Waals surface area (Å²) in [5.74, 6) is 0. The molecule has 4 nitrogen and oxygen atoms in total. The maximum absolute atomic E-state index is 13.2. The fourth-order valence-corrected chi connectivity index (χ4v) is 4.72. The summed E-state index contributed by atoms with van der Waals surface area (Å²) in [6.45, 7) is 0. The predicted molar refractivity (Wildman–Crippen MR) is 137 cm³/mol. The van der Waals surface area contributed by atoms with Crippen molar-refractivity contribution >= 4 is 12.6 Å². The van der Waals surface area contributed by atoms with E-state index in [0.717, 1.165) is 28.8 Å². The van der Waals surface area contributed by atoms with Gasteiger partial charge in [0.15, 0.2) is 0 Å². The lowest BCUT2D eigenvalue weighted by atomic mass is 9.76. The molecule has 1 heterocycles. The molecule has 0 radical (unpaired) electrons. The van der Waals surface area contributed by atoms with Crippen LogP contribution in [0.1, 0.15) is 22.3 Å². The first-order chi connectivity index (χ1) is 17.8. The van der Waals surface area contributed by atoms with Crippen LogP contribution in [0.25, 0.3) is 11.3 Å². The minimum absolute atomic E-state index is 0.0759. The third kappa shape index (κ3) is 4.46. The van der Waals surface area contributed by atoms with Crippen molar-refractivity contribution in [2.75, 3.05) is 0 Å². The standard InChI is InChI=1S/C29H22BF3N2O2/c31-29(32,33)25-18-16-21(17-19-25)27-26(30(36)37)20-35(34-27)28(22-10-4-1-5-11-22,23-12-6-2-7-13-23)24-14-8-3-9-15-24/h1-20,36-37H. The Morgan fingerprint density at radius 1 is 0.595 bits per heavy atom. The van der Waals surface area contributed by atoms with E-state index in [2.05, 4.69) is 0 Å². The molecule has 0 saturated heterocycles. The van der Waals surface area contributed by atoms with Crippen molar-refractivity contribution in [1.29, 1.82) is 0 Å². The third-order valence-electron chi connectivity index (χ3n) is 6.42. The molecule has 8 heteroatoms. The van der Waals surface area contributed by atoms with E-state index in [1.807, 2.05) is 91.0 Å². The first-order valence-corrected chi connectivity index (χ1v) is 11.6. The minimum atomic E-state index is -4.49. The largest absolute Gasteiger partial charge is 0.492 e. The first kappa shape index (κ1) is 24.6. The Morgan fingerprint density at radius 2 is 1.03 bits per heavy atom. The lowest BCUT2D eigenvalue weighted by molar-refractivity contribution is -0.137. The van der Waals surface area contributed by atoms with Gasteiger partial charge in [-0.15, -0.1) is 0 Å². The van der Waals surface area contributed by atoms with Gasteiger partial charge >= 0.3 is 13.3 Å². The molecular weight excluding hydrogens is 476 g/mol. The summed E-state index contributed by atoms with van der Waals surface area (Å²) >= 11 is 0. The molecule has 184 valence electrons. The summed E-state index contributed by atoms with van der Waals surface area (Å²) in [6, 6.07) is 33.5. The smallest absolute Gasteiger partial charge is 0.423 e. The van der Waals surface area contributed by atoms with Crippen LogP contribution in [0.4, 0.5) is 13.2 Å². The average Bonchev–Trinajstić information content (AvgIpc) is 3.37. The molecule has 0 unspecified atom stereocenters. The van der Waals surface area contributed by atoms with Crippen LogP contribution in [0.15, 0.2) is 121 Å². The SMILES string of the molecule is OB(O)c1cn(C(c2ccccc2)(c2ccccc2)c2ccccc2)nc1-c1ccc(C(F)(F)F)cc1. The first-order valence-electron chi connectivity index (χ1n) is 11.6. The zero-order chi connectivity index (χ0) is 26.0. The lowest BCUT2D eigenvalue weighted by Gasteiger charge is -2.36. The minimum Gasteiger partial charge on any atom is -0.423 e. The van der Waals surface area contributed by atoms with E-state index in [4.69, 9.17) is 5.10 Å². The van der Waals surface area contributed by atoms with Gasteiger partial charge in [0.25, 0.3) is 0 Å². The van der Waals surface area contributed by atoms with Crippen molar-refractivity contribution < 1.29 is 23.2 Å². The maximum atomic E-state index is 13.2. The maximum Gasteiger partial charge on any atom is 0.492 e. The molecule has 0 bridgehead atoms. The molecule has 5 rings (SSSR count). The number of aromatic nitrogens is 2. The van der Waals surface area contributed by atoms with E-state index in [1.54, 1.807) is 10.9 Å². The van der Waals surface area contributed by atoms with Crippen LogP contribution in [0.5, 0.6) is 0 Å². The normalized spacial score (nSPS) is 11.9. The van der Waals surface area contributed by atoms with Gasteiger partial charge in [0, 0.05) is 17.2 Å². The van der Waals surface area contributed by atoms with Crippen molar-refractivity contribution in [3.63, 3.8) is 0 Å². The molecule has 2 N–H and O–H groups in total. The second kappa shape index (κ2) is 9.73. The summed E-state index contributed by atoms with van der Waals surface area (Å²) in [4.78, 5) is 0. The van der Waals surface area contributed by atoms with Gasteiger partial charge < -0.3 is 10.0 Å². The Labute approximate surface area is 212 Å². The van der Waals surface area contributed by atoms with Crippen LogP contribution in [0, 0.1) is 0 Å². The van der Waals surface area contributed by atoms with E-state index >= 15 is 0 Å².